The quantitative estimate of drug-likeness (QED) is 0.707. The van der Waals surface area contributed by atoms with E-state index >= 15 is 0 Å². The fourth-order valence-corrected chi connectivity index (χ4v) is 3.11. The van der Waals surface area contributed by atoms with E-state index in [9.17, 15) is 13.2 Å². The SMILES string of the molecule is FC(F)(F)c1nnc2ccc(N3CCC(c4ccnnc4)CC3)nn12. The van der Waals surface area contributed by atoms with Gasteiger partial charge in [0.2, 0.25) is 0 Å². The number of fused-ring (bicyclic) bond motifs is 1. The monoisotopic (exact) mass is 349 g/mol. The molecule has 1 aliphatic heterocycles. The van der Waals surface area contributed by atoms with Crippen LogP contribution in [0, 0.1) is 0 Å². The highest BCUT2D eigenvalue weighted by molar-refractivity contribution is 5.46. The molecule has 7 nitrogen and oxygen atoms in total. The number of hydrogen-bond donors (Lipinski definition) is 0. The van der Waals surface area contributed by atoms with Gasteiger partial charge in [-0.3, -0.25) is 0 Å². The van der Waals surface area contributed by atoms with E-state index in [-0.39, 0.29) is 5.65 Å². The summed E-state index contributed by atoms with van der Waals surface area (Å²) in [5.74, 6) is -0.248. The zero-order valence-corrected chi connectivity index (χ0v) is 13.1. The smallest absolute Gasteiger partial charge is 0.355 e. The summed E-state index contributed by atoms with van der Waals surface area (Å²) in [7, 11) is 0. The molecule has 1 fully saturated rings. The Kier molecular flexibility index (Phi) is 3.74. The van der Waals surface area contributed by atoms with Crippen LogP contribution in [0.2, 0.25) is 0 Å². The number of nitrogens with zero attached hydrogens (tertiary/aromatic N) is 7. The lowest BCUT2D eigenvalue weighted by Gasteiger charge is -2.32. The summed E-state index contributed by atoms with van der Waals surface area (Å²) in [5, 5.41) is 18.5. The summed E-state index contributed by atoms with van der Waals surface area (Å²) in [4.78, 5) is 1.98. The molecule has 0 unspecified atom stereocenters. The fraction of sp³-hybridized carbons (Fsp3) is 0.400. The standard InChI is InChI=1S/C15H14F3N7/c16-15(17,18)14-22-21-12-1-2-13(23-25(12)14)24-7-4-10(5-8-24)11-3-6-19-20-9-11/h1-3,6,9-10H,4-5,7-8H2. The highest BCUT2D eigenvalue weighted by Gasteiger charge is 2.37. The van der Waals surface area contributed by atoms with E-state index in [0.717, 1.165) is 22.9 Å². The summed E-state index contributed by atoms with van der Waals surface area (Å²) in [6.07, 6.45) is 0.588. The summed E-state index contributed by atoms with van der Waals surface area (Å²) < 4.78 is 39.7. The van der Waals surface area contributed by atoms with E-state index in [0.29, 0.717) is 24.8 Å². The number of hydrogen-bond acceptors (Lipinski definition) is 6. The molecule has 0 aromatic carbocycles. The van der Waals surface area contributed by atoms with Gasteiger partial charge >= 0.3 is 6.18 Å². The highest BCUT2D eigenvalue weighted by Crippen LogP contribution is 2.30. The number of rotatable bonds is 2. The van der Waals surface area contributed by atoms with Crippen LogP contribution in [0.3, 0.4) is 0 Å². The minimum atomic E-state index is -4.59. The lowest BCUT2D eigenvalue weighted by molar-refractivity contribution is -0.146. The molecule has 0 amide bonds. The molecule has 10 heteroatoms. The Hall–Kier alpha value is -2.78. The Morgan fingerprint density at radius 3 is 2.48 bits per heavy atom. The molecule has 4 heterocycles. The van der Waals surface area contributed by atoms with Gasteiger partial charge in [-0.05, 0) is 42.5 Å². The van der Waals surface area contributed by atoms with Gasteiger partial charge in [-0.2, -0.15) is 27.9 Å². The predicted molar refractivity (Wildman–Crippen MR) is 82.0 cm³/mol. The number of aromatic nitrogens is 6. The van der Waals surface area contributed by atoms with E-state index in [4.69, 9.17) is 0 Å². The maximum atomic E-state index is 13.0. The second-order valence-corrected chi connectivity index (χ2v) is 5.92. The summed E-state index contributed by atoms with van der Waals surface area (Å²) in [5.41, 5.74) is 1.21. The van der Waals surface area contributed by atoms with Crippen molar-refractivity contribution in [2.24, 2.45) is 0 Å². The first-order valence-corrected chi connectivity index (χ1v) is 7.83. The first-order valence-electron chi connectivity index (χ1n) is 7.83. The average molecular weight is 349 g/mol. The van der Waals surface area contributed by atoms with Crippen LogP contribution < -0.4 is 4.90 Å². The van der Waals surface area contributed by atoms with Crippen LogP contribution in [0.25, 0.3) is 5.65 Å². The van der Waals surface area contributed by atoms with Gasteiger partial charge in [0.05, 0.1) is 6.20 Å². The van der Waals surface area contributed by atoms with Gasteiger partial charge in [0.25, 0.3) is 5.82 Å². The van der Waals surface area contributed by atoms with Crippen LogP contribution in [-0.4, -0.2) is 43.1 Å². The Labute approximate surface area is 140 Å². The Morgan fingerprint density at radius 1 is 1.00 bits per heavy atom. The van der Waals surface area contributed by atoms with Crippen molar-refractivity contribution in [3.8, 4) is 0 Å². The molecule has 0 N–H and O–H groups in total. The zero-order chi connectivity index (χ0) is 17.4. The van der Waals surface area contributed by atoms with Crippen molar-refractivity contribution < 1.29 is 13.2 Å². The van der Waals surface area contributed by atoms with E-state index < -0.39 is 12.0 Å². The fourth-order valence-electron chi connectivity index (χ4n) is 3.11. The molecule has 1 aliphatic rings. The maximum Gasteiger partial charge on any atom is 0.453 e. The van der Waals surface area contributed by atoms with Crippen molar-refractivity contribution in [3.63, 3.8) is 0 Å². The molecule has 0 bridgehead atoms. The Morgan fingerprint density at radius 2 is 1.80 bits per heavy atom. The Bertz CT molecular complexity index is 870. The summed E-state index contributed by atoms with van der Waals surface area (Å²) in [6.45, 7) is 1.41. The van der Waals surface area contributed by atoms with Crippen LogP contribution >= 0.6 is 0 Å². The molecule has 4 rings (SSSR count). The molecular weight excluding hydrogens is 335 g/mol. The number of halogens is 3. The van der Waals surface area contributed by atoms with E-state index in [1.54, 1.807) is 18.5 Å². The van der Waals surface area contributed by atoms with Crippen LogP contribution in [0.4, 0.5) is 19.0 Å². The number of anilines is 1. The Balaban J connectivity index is 1.55. The summed E-state index contributed by atoms with van der Waals surface area (Å²) in [6, 6.07) is 5.13. The third kappa shape index (κ3) is 2.99. The normalized spacial score (nSPS) is 16.5. The molecule has 3 aromatic rings. The zero-order valence-electron chi connectivity index (χ0n) is 13.1. The first kappa shape index (κ1) is 15.7. The minimum absolute atomic E-state index is 0.0776. The van der Waals surface area contributed by atoms with Gasteiger partial charge in [-0.15, -0.1) is 15.3 Å². The molecule has 0 spiro atoms. The van der Waals surface area contributed by atoms with Crippen molar-refractivity contribution in [2.45, 2.75) is 24.9 Å². The second kappa shape index (κ2) is 5.94. The third-order valence-corrected chi connectivity index (χ3v) is 4.40. The van der Waals surface area contributed by atoms with Gasteiger partial charge in [0.15, 0.2) is 5.65 Å². The molecular formula is C15H14F3N7. The van der Waals surface area contributed by atoms with Gasteiger partial charge in [-0.1, -0.05) is 0 Å². The topological polar surface area (TPSA) is 72.1 Å². The van der Waals surface area contributed by atoms with Crippen LogP contribution in [0.15, 0.2) is 30.6 Å². The van der Waals surface area contributed by atoms with Crippen molar-refractivity contribution >= 4 is 11.5 Å². The number of piperidine rings is 1. The van der Waals surface area contributed by atoms with Gasteiger partial charge in [-0.25, -0.2) is 0 Å². The van der Waals surface area contributed by atoms with Crippen molar-refractivity contribution in [1.29, 1.82) is 0 Å². The molecule has 130 valence electrons. The van der Waals surface area contributed by atoms with Crippen molar-refractivity contribution in [2.75, 3.05) is 18.0 Å². The predicted octanol–water partition coefficient (Wildman–Crippen LogP) is 2.32. The van der Waals surface area contributed by atoms with Crippen LogP contribution in [-0.2, 0) is 6.18 Å². The maximum absolute atomic E-state index is 13.0. The van der Waals surface area contributed by atoms with Crippen LogP contribution in [0.5, 0.6) is 0 Å². The average Bonchev–Trinajstić information content (AvgIpc) is 3.06. The van der Waals surface area contributed by atoms with Gasteiger partial charge < -0.3 is 4.90 Å². The van der Waals surface area contributed by atoms with E-state index in [2.05, 4.69) is 25.5 Å². The van der Waals surface area contributed by atoms with Crippen molar-refractivity contribution in [3.05, 3.63) is 42.0 Å². The molecule has 1 saturated heterocycles. The largest absolute Gasteiger partial charge is 0.453 e. The third-order valence-electron chi connectivity index (χ3n) is 4.40. The molecule has 0 atom stereocenters. The highest BCUT2D eigenvalue weighted by atomic mass is 19.4. The summed E-state index contributed by atoms with van der Waals surface area (Å²) >= 11 is 0. The minimum Gasteiger partial charge on any atom is -0.355 e. The molecule has 25 heavy (non-hydrogen) atoms. The molecule has 0 aliphatic carbocycles. The lowest BCUT2D eigenvalue weighted by atomic mass is 9.91. The van der Waals surface area contributed by atoms with Gasteiger partial charge in [0.1, 0.15) is 5.82 Å². The van der Waals surface area contributed by atoms with Crippen LogP contribution in [0.1, 0.15) is 30.1 Å². The second-order valence-electron chi connectivity index (χ2n) is 5.92. The van der Waals surface area contributed by atoms with E-state index in [1.807, 2.05) is 11.0 Å². The number of alkyl halides is 3. The van der Waals surface area contributed by atoms with Gasteiger partial charge in [0, 0.05) is 19.3 Å². The molecule has 0 radical (unpaired) electrons. The first-order chi connectivity index (χ1) is 12.0. The van der Waals surface area contributed by atoms with Crippen molar-refractivity contribution in [1.82, 2.24) is 30.0 Å². The molecule has 3 aromatic heterocycles. The molecule has 0 saturated carbocycles. The lowest BCUT2D eigenvalue weighted by Crippen LogP contribution is -2.34. The van der Waals surface area contributed by atoms with E-state index in [1.165, 1.54) is 6.07 Å².